The van der Waals surface area contributed by atoms with Gasteiger partial charge in [0.2, 0.25) is 0 Å². The quantitative estimate of drug-likeness (QED) is 0.512. The van der Waals surface area contributed by atoms with Gasteiger partial charge >= 0.3 is 0 Å². The molecule has 3 rings (SSSR count). The Morgan fingerprint density at radius 2 is 2.08 bits per heavy atom. The molecule has 0 saturated heterocycles. The Morgan fingerprint density at radius 1 is 1.31 bits per heavy atom. The van der Waals surface area contributed by atoms with E-state index < -0.39 is 11.2 Å². The first-order valence-electron chi connectivity index (χ1n) is 7.67. The minimum absolute atomic E-state index is 0.281. The molecule has 0 radical (unpaired) electrons. The van der Waals surface area contributed by atoms with Crippen molar-refractivity contribution in [1.29, 1.82) is 0 Å². The van der Waals surface area contributed by atoms with Crippen molar-refractivity contribution in [3.8, 4) is 11.5 Å². The molecular weight excluding hydrogens is 370 g/mol. The van der Waals surface area contributed by atoms with Gasteiger partial charge in [-0.3, -0.25) is 4.79 Å². The molecule has 3 N–H and O–H groups in total. The molecule has 8 heteroatoms. The van der Waals surface area contributed by atoms with E-state index in [4.69, 9.17) is 10.5 Å². The summed E-state index contributed by atoms with van der Waals surface area (Å²) in [4.78, 5) is 17.3. The standard InChI is InChI=1S/C18H17N3O3S2/c1-11-20-17(10-25-11)21-18(22)13-9-12(7-8-14(13)19)24-15-5-3-4-6-16(15)26(2)23/h3-10H,19H2,1-2H3,(H,21,22). The molecule has 3 aromatic rings. The van der Waals surface area contributed by atoms with Crippen LogP contribution in [0.25, 0.3) is 0 Å². The largest absolute Gasteiger partial charge is 0.612 e. The molecule has 0 bridgehead atoms. The fraction of sp³-hybridized carbons (Fsp3) is 0.111. The molecule has 0 aliphatic heterocycles. The van der Waals surface area contributed by atoms with Crippen LogP contribution in [0.15, 0.2) is 52.7 Å². The first-order valence-corrected chi connectivity index (χ1v) is 10.1. The Bertz CT molecular complexity index is 941. The van der Waals surface area contributed by atoms with Crippen LogP contribution >= 0.6 is 11.3 Å². The number of nitrogens with one attached hydrogen (secondary N) is 1. The van der Waals surface area contributed by atoms with Crippen LogP contribution in [0.4, 0.5) is 11.5 Å². The topological polar surface area (TPSA) is 100 Å². The summed E-state index contributed by atoms with van der Waals surface area (Å²) >= 11 is 0.251. The third kappa shape index (κ3) is 4.16. The van der Waals surface area contributed by atoms with Gasteiger partial charge in [-0.05, 0) is 48.4 Å². The smallest absolute Gasteiger partial charge is 0.259 e. The summed E-state index contributed by atoms with van der Waals surface area (Å²) in [5.74, 6) is 1.01. The number of ether oxygens (including phenoxy) is 1. The molecule has 6 nitrogen and oxygen atoms in total. The molecule has 1 atom stereocenters. The number of hydrogen-bond acceptors (Lipinski definition) is 6. The summed E-state index contributed by atoms with van der Waals surface area (Å²) in [5, 5.41) is 5.33. The molecule has 1 unspecified atom stereocenters. The van der Waals surface area contributed by atoms with Crippen molar-refractivity contribution in [3.63, 3.8) is 0 Å². The number of aryl methyl sites for hydroxylation is 1. The Hall–Kier alpha value is -2.55. The van der Waals surface area contributed by atoms with E-state index in [0.717, 1.165) is 5.01 Å². The van der Waals surface area contributed by atoms with Crippen LogP contribution in [0, 0.1) is 6.92 Å². The van der Waals surface area contributed by atoms with E-state index in [9.17, 15) is 9.35 Å². The van der Waals surface area contributed by atoms with E-state index in [1.54, 1.807) is 54.1 Å². The zero-order valence-electron chi connectivity index (χ0n) is 14.2. The molecular formula is C18H17N3O3S2. The Balaban J connectivity index is 1.85. The number of rotatable bonds is 5. The van der Waals surface area contributed by atoms with E-state index in [2.05, 4.69) is 10.3 Å². The minimum Gasteiger partial charge on any atom is -0.612 e. The molecule has 0 saturated carbocycles. The lowest BCUT2D eigenvalue weighted by molar-refractivity contribution is 0.102. The molecule has 1 heterocycles. The van der Waals surface area contributed by atoms with Crippen molar-refractivity contribution in [1.82, 2.24) is 4.98 Å². The highest BCUT2D eigenvalue weighted by molar-refractivity contribution is 7.90. The maximum atomic E-state index is 12.5. The summed E-state index contributed by atoms with van der Waals surface area (Å²) in [7, 11) is 0. The first kappa shape index (κ1) is 18.2. The Labute approximate surface area is 158 Å². The molecule has 134 valence electrons. The zero-order valence-corrected chi connectivity index (χ0v) is 15.8. The molecule has 0 fully saturated rings. The fourth-order valence-corrected chi connectivity index (χ4v) is 3.51. The van der Waals surface area contributed by atoms with Gasteiger partial charge < -0.3 is 20.3 Å². The number of para-hydroxylation sites is 1. The normalized spacial score (nSPS) is 11.8. The number of benzene rings is 2. The molecule has 1 amide bonds. The lowest BCUT2D eigenvalue weighted by Crippen LogP contribution is -2.14. The number of nitrogens with zero attached hydrogens (tertiary/aromatic N) is 1. The number of carbonyl (C=O) groups excluding carboxylic acids is 1. The molecule has 0 aliphatic carbocycles. The number of aromatic nitrogens is 1. The van der Waals surface area contributed by atoms with Gasteiger partial charge in [-0.25, -0.2) is 4.98 Å². The maximum Gasteiger partial charge on any atom is 0.259 e. The van der Waals surface area contributed by atoms with Crippen LogP contribution < -0.4 is 15.8 Å². The van der Waals surface area contributed by atoms with E-state index in [1.165, 1.54) is 11.3 Å². The van der Waals surface area contributed by atoms with Crippen molar-refractivity contribution >= 4 is 39.9 Å². The van der Waals surface area contributed by atoms with Crippen molar-refractivity contribution in [3.05, 3.63) is 58.4 Å². The predicted octanol–water partition coefficient (Wildman–Crippen LogP) is 3.82. The SMILES string of the molecule is Cc1nc(NC(=O)c2cc(Oc3ccccc3[S+](C)[O-])ccc2N)cs1. The van der Waals surface area contributed by atoms with Crippen LogP contribution in [0.3, 0.4) is 0 Å². The number of nitrogen functional groups attached to an aromatic ring is 1. The molecule has 1 aromatic heterocycles. The monoisotopic (exact) mass is 387 g/mol. The zero-order chi connectivity index (χ0) is 18.7. The predicted molar refractivity (Wildman–Crippen MR) is 105 cm³/mol. The summed E-state index contributed by atoms with van der Waals surface area (Å²) in [6, 6.07) is 11.9. The van der Waals surface area contributed by atoms with Crippen molar-refractivity contribution < 1.29 is 14.1 Å². The first-order chi connectivity index (χ1) is 12.4. The van der Waals surface area contributed by atoms with Gasteiger partial charge in [0.15, 0.2) is 10.6 Å². The van der Waals surface area contributed by atoms with E-state index in [1.807, 2.05) is 6.92 Å². The lowest BCUT2D eigenvalue weighted by atomic mass is 10.1. The van der Waals surface area contributed by atoms with Gasteiger partial charge in [0.25, 0.3) is 5.91 Å². The van der Waals surface area contributed by atoms with Crippen molar-refractivity contribution in [2.24, 2.45) is 0 Å². The average molecular weight is 387 g/mol. The lowest BCUT2D eigenvalue weighted by Gasteiger charge is -2.13. The van der Waals surface area contributed by atoms with Crippen molar-refractivity contribution in [2.45, 2.75) is 11.8 Å². The van der Waals surface area contributed by atoms with Crippen LogP contribution in [-0.4, -0.2) is 21.7 Å². The third-order valence-electron chi connectivity index (χ3n) is 3.52. The number of carbonyl (C=O) groups is 1. The number of thiazole rings is 1. The van der Waals surface area contributed by atoms with Gasteiger partial charge in [0, 0.05) is 11.1 Å². The summed E-state index contributed by atoms with van der Waals surface area (Å²) in [6.07, 6.45) is 1.58. The van der Waals surface area contributed by atoms with E-state index in [-0.39, 0.29) is 11.5 Å². The molecule has 2 aromatic carbocycles. The summed E-state index contributed by atoms with van der Waals surface area (Å²) in [5.41, 5.74) is 6.55. The number of anilines is 2. The Kier molecular flexibility index (Phi) is 5.46. The van der Waals surface area contributed by atoms with E-state index >= 15 is 0 Å². The molecule has 0 spiro atoms. The fourth-order valence-electron chi connectivity index (χ4n) is 2.30. The highest BCUT2D eigenvalue weighted by Crippen LogP contribution is 2.30. The third-order valence-corrected chi connectivity index (χ3v) is 5.25. The number of hydrogen-bond donors (Lipinski definition) is 2. The van der Waals surface area contributed by atoms with Gasteiger partial charge in [-0.15, -0.1) is 11.3 Å². The number of nitrogens with two attached hydrogens (primary N) is 1. The van der Waals surface area contributed by atoms with Crippen LogP contribution in [0.5, 0.6) is 11.5 Å². The van der Waals surface area contributed by atoms with Crippen LogP contribution in [0.2, 0.25) is 0 Å². The van der Waals surface area contributed by atoms with Gasteiger partial charge in [-0.1, -0.05) is 12.1 Å². The highest BCUT2D eigenvalue weighted by Gasteiger charge is 2.16. The van der Waals surface area contributed by atoms with Crippen molar-refractivity contribution in [2.75, 3.05) is 17.3 Å². The summed E-state index contributed by atoms with van der Waals surface area (Å²) < 4.78 is 17.7. The van der Waals surface area contributed by atoms with Crippen LogP contribution in [-0.2, 0) is 11.2 Å². The summed E-state index contributed by atoms with van der Waals surface area (Å²) in [6.45, 7) is 1.86. The van der Waals surface area contributed by atoms with E-state index in [0.29, 0.717) is 27.9 Å². The molecule has 26 heavy (non-hydrogen) atoms. The maximum absolute atomic E-state index is 12.5. The van der Waals surface area contributed by atoms with Crippen LogP contribution in [0.1, 0.15) is 15.4 Å². The average Bonchev–Trinajstić information content (AvgIpc) is 3.01. The second-order valence-electron chi connectivity index (χ2n) is 5.46. The second-order valence-corrected chi connectivity index (χ2v) is 7.87. The highest BCUT2D eigenvalue weighted by atomic mass is 32.2. The van der Waals surface area contributed by atoms with Gasteiger partial charge in [0.1, 0.15) is 17.8 Å². The number of amides is 1. The van der Waals surface area contributed by atoms with Gasteiger partial charge in [-0.2, -0.15) is 0 Å². The minimum atomic E-state index is -1.19. The molecule has 0 aliphatic rings. The van der Waals surface area contributed by atoms with Gasteiger partial charge in [0.05, 0.1) is 10.6 Å². The Morgan fingerprint density at radius 3 is 2.77 bits per heavy atom. The second kappa shape index (κ2) is 7.77.